The molecule has 0 spiro atoms. The fourth-order valence-electron chi connectivity index (χ4n) is 4.56. The minimum absolute atomic E-state index is 0.543. The van der Waals surface area contributed by atoms with Crippen molar-refractivity contribution in [3.63, 3.8) is 0 Å². The summed E-state index contributed by atoms with van der Waals surface area (Å²) in [4.78, 5) is 2.78. The highest BCUT2D eigenvalue weighted by Gasteiger charge is 2.37. The first kappa shape index (κ1) is 14.8. The van der Waals surface area contributed by atoms with Crippen LogP contribution in [0, 0.1) is 5.92 Å². The summed E-state index contributed by atoms with van der Waals surface area (Å²) >= 11 is 0. The molecule has 116 valence electrons. The first-order chi connectivity index (χ1) is 9.88. The number of ether oxygens (including phenoxy) is 1. The maximum Gasteiger partial charge on any atom is 0.0730 e. The molecule has 3 fully saturated rings. The van der Waals surface area contributed by atoms with Crippen LogP contribution in [0.3, 0.4) is 0 Å². The van der Waals surface area contributed by atoms with E-state index in [4.69, 9.17) is 4.74 Å². The second kappa shape index (κ2) is 7.24. The van der Waals surface area contributed by atoms with Crippen molar-refractivity contribution in [2.75, 3.05) is 26.2 Å². The van der Waals surface area contributed by atoms with Gasteiger partial charge in [0.25, 0.3) is 0 Å². The van der Waals surface area contributed by atoms with Crippen LogP contribution < -0.4 is 5.32 Å². The van der Waals surface area contributed by atoms with Crippen LogP contribution in [0.2, 0.25) is 0 Å². The predicted molar refractivity (Wildman–Crippen MR) is 83.0 cm³/mol. The Bertz CT molecular complexity index is 295. The number of fused-ring (bicyclic) bond motifs is 1. The highest BCUT2D eigenvalue weighted by molar-refractivity contribution is 4.91. The van der Waals surface area contributed by atoms with Gasteiger partial charge in [-0.1, -0.05) is 26.2 Å². The molecule has 1 saturated heterocycles. The number of nitrogens with one attached hydrogen (secondary N) is 1. The summed E-state index contributed by atoms with van der Waals surface area (Å²) in [5.41, 5.74) is 0. The minimum Gasteiger partial charge on any atom is -0.375 e. The van der Waals surface area contributed by atoms with Crippen molar-refractivity contribution in [1.82, 2.24) is 10.2 Å². The molecule has 0 aromatic carbocycles. The van der Waals surface area contributed by atoms with Crippen molar-refractivity contribution in [3.8, 4) is 0 Å². The predicted octanol–water partition coefficient (Wildman–Crippen LogP) is 2.80. The quantitative estimate of drug-likeness (QED) is 0.838. The summed E-state index contributed by atoms with van der Waals surface area (Å²) in [7, 11) is 0. The van der Waals surface area contributed by atoms with Crippen LogP contribution in [0.5, 0.6) is 0 Å². The summed E-state index contributed by atoms with van der Waals surface area (Å²) < 4.78 is 6.01. The molecule has 0 aromatic heterocycles. The second-order valence-electron chi connectivity index (χ2n) is 7.01. The molecule has 2 saturated carbocycles. The van der Waals surface area contributed by atoms with Gasteiger partial charge in [0.15, 0.2) is 0 Å². The lowest BCUT2D eigenvalue weighted by Gasteiger charge is -2.45. The summed E-state index contributed by atoms with van der Waals surface area (Å²) in [5, 5.41) is 3.79. The highest BCUT2D eigenvalue weighted by Crippen LogP contribution is 2.32. The fraction of sp³-hybridized carbons (Fsp3) is 1.00. The van der Waals surface area contributed by atoms with Crippen LogP contribution in [0.15, 0.2) is 0 Å². The van der Waals surface area contributed by atoms with Gasteiger partial charge in [0, 0.05) is 25.2 Å². The third-order valence-electron chi connectivity index (χ3n) is 5.63. The lowest BCUT2D eigenvalue weighted by molar-refractivity contribution is -0.0925. The zero-order chi connectivity index (χ0) is 13.8. The third-order valence-corrected chi connectivity index (χ3v) is 5.63. The Morgan fingerprint density at radius 3 is 2.90 bits per heavy atom. The summed E-state index contributed by atoms with van der Waals surface area (Å²) in [5.74, 6) is 0.877. The van der Waals surface area contributed by atoms with E-state index in [-0.39, 0.29) is 0 Å². The largest absolute Gasteiger partial charge is 0.375 e. The fourth-order valence-corrected chi connectivity index (χ4v) is 4.56. The summed E-state index contributed by atoms with van der Waals surface area (Å²) in [6, 6.07) is 1.50. The summed E-state index contributed by atoms with van der Waals surface area (Å²) in [6.45, 7) is 6.90. The normalized spacial score (nSPS) is 38.9. The first-order valence-electron chi connectivity index (χ1n) is 8.97. The molecule has 1 N–H and O–H groups in total. The van der Waals surface area contributed by atoms with Gasteiger partial charge < -0.3 is 10.1 Å². The number of hydrogen-bond donors (Lipinski definition) is 1. The molecule has 4 atom stereocenters. The molecule has 0 bridgehead atoms. The zero-order valence-electron chi connectivity index (χ0n) is 13.2. The van der Waals surface area contributed by atoms with E-state index in [1.807, 2.05) is 0 Å². The maximum atomic E-state index is 6.01. The van der Waals surface area contributed by atoms with Gasteiger partial charge in [-0.3, -0.25) is 4.90 Å². The molecule has 3 rings (SSSR count). The van der Waals surface area contributed by atoms with Crippen LogP contribution in [0.4, 0.5) is 0 Å². The topological polar surface area (TPSA) is 24.5 Å². The van der Waals surface area contributed by atoms with E-state index in [0.717, 1.165) is 31.2 Å². The Balaban J connectivity index is 1.55. The lowest BCUT2D eigenvalue weighted by Crippen LogP contribution is -2.54. The van der Waals surface area contributed by atoms with Crippen LogP contribution in [-0.4, -0.2) is 49.3 Å². The minimum atomic E-state index is 0.543. The van der Waals surface area contributed by atoms with Crippen molar-refractivity contribution in [2.45, 2.75) is 76.5 Å². The van der Waals surface area contributed by atoms with E-state index in [0.29, 0.717) is 6.10 Å². The Labute approximate surface area is 124 Å². The van der Waals surface area contributed by atoms with Gasteiger partial charge in [-0.15, -0.1) is 0 Å². The van der Waals surface area contributed by atoms with E-state index >= 15 is 0 Å². The van der Waals surface area contributed by atoms with Crippen LogP contribution >= 0.6 is 0 Å². The second-order valence-corrected chi connectivity index (χ2v) is 7.01. The van der Waals surface area contributed by atoms with E-state index in [1.165, 1.54) is 64.5 Å². The SMILES string of the molecule is CCCNC1CCCC1CN1CCOC2CCCCC21. The molecule has 2 aliphatic carbocycles. The molecule has 3 nitrogen and oxygen atoms in total. The van der Waals surface area contributed by atoms with Gasteiger partial charge in [0.2, 0.25) is 0 Å². The lowest BCUT2D eigenvalue weighted by atomic mass is 9.89. The van der Waals surface area contributed by atoms with Gasteiger partial charge in [0.05, 0.1) is 12.7 Å². The van der Waals surface area contributed by atoms with Gasteiger partial charge in [-0.25, -0.2) is 0 Å². The molecule has 0 amide bonds. The Morgan fingerprint density at radius 2 is 2.00 bits per heavy atom. The Hall–Kier alpha value is -0.120. The molecule has 0 aromatic rings. The number of morpholine rings is 1. The van der Waals surface area contributed by atoms with E-state index < -0.39 is 0 Å². The van der Waals surface area contributed by atoms with E-state index in [9.17, 15) is 0 Å². The molecule has 1 aliphatic heterocycles. The standard InChI is InChI=1S/C17H32N2O/c1-2-10-18-15-7-5-6-14(15)13-19-11-12-20-17-9-4-3-8-16(17)19/h14-18H,2-13H2,1H3. The van der Waals surface area contributed by atoms with Crippen LogP contribution in [0.1, 0.15) is 58.3 Å². The first-order valence-corrected chi connectivity index (χ1v) is 8.97. The average molecular weight is 280 g/mol. The number of nitrogens with zero attached hydrogens (tertiary/aromatic N) is 1. The molecule has 4 unspecified atom stereocenters. The van der Waals surface area contributed by atoms with Crippen LogP contribution in [-0.2, 0) is 4.74 Å². The molecule has 1 heterocycles. The average Bonchev–Trinajstić information content (AvgIpc) is 2.93. The molecule has 20 heavy (non-hydrogen) atoms. The Morgan fingerprint density at radius 1 is 1.10 bits per heavy atom. The van der Waals surface area contributed by atoms with E-state index in [1.54, 1.807) is 0 Å². The monoisotopic (exact) mass is 280 g/mol. The van der Waals surface area contributed by atoms with Crippen molar-refractivity contribution in [1.29, 1.82) is 0 Å². The van der Waals surface area contributed by atoms with Crippen molar-refractivity contribution >= 4 is 0 Å². The third kappa shape index (κ3) is 3.37. The molecular formula is C17H32N2O. The molecule has 3 heteroatoms. The van der Waals surface area contributed by atoms with Gasteiger partial charge in [-0.2, -0.15) is 0 Å². The Kier molecular flexibility index (Phi) is 5.36. The van der Waals surface area contributed by atoms with Gasteiger partial charge in [-0.05, 0) is 44.6 Å². The van der Waals surface area contributed by atoms with Crippen LogP contribution in [0.25, 0.3) is 0 Å². The van der Waals surface area contributed by atoms with Gasteiger partial charge in [0.1, 0.15) is 0 Å². The molecule has 0 radical (unpaired) electrons. The van der Waals surface area contributed by atoms with Gasteiger partial charge >= 0.3 is 0 Å². The summed E-state index contributed by atoms with van der Waals surface area (Å²) in [6.07, 6.45) is 11.5. The maximum absolute atomic E-state index is 6.01. The zero-order valence-corrected chi connectivity index (χ0v) is 13.2. The number of hydrogen-bond acceptors (Lipinski definition) is 3. The molecular weight excluding hydrogens is 248 g/mol. The smallest absolute Gasteiger partial charge is 0.0730 e. The number of rotatable bonds is 5. The highest BCUT2D eigenvalue weighted by atomic mass is 16.5. The van der Waals surface area contributed by atoms with Crippen molar-refractivity contribution < 1.29 is 4.74 Å². The van der Waals surface area contributed by atoms with Crippen molar-refractivity contribution in [3.05, 3.63) is 0 Å². The van der Waals surface area contributed by atoms with E-state index in [2.05, 4.69) is 17.1 Å². The molecule has 3 aliphatic rings. The van der Waals surface area contributed by atoms with Crippen molar-refractivity contribution in [2.24, 2.45) is 5.92 Å².